The highest BCUT2D eigenvalue weighted by Crippen LogP contribution is 2.35. The molecular formula is C10H12N2OS. The van der Waals surface area contributed by atoms with E-state index in [1.165, 1.54) is 22.5 Å². The minimum Gasteiger partial charge on any atom is -0.494 e. The Bertz CT molecular complexity index is 490. The van der Waals surface area contributed by atoms with Crippen molar-refractivity contribution >= 4 is 26.7 Å². The standard InChI is InChI=1S/C10H12N2OS/c1-5-4-7(13-3)8-9(6(5)2)14-10(11)12-8/h4H,1-3H3,(H2,11,12). The number of methoxy groups -OCH3 is 1. The topological polar surface area (TPSA) is 48.1 Å². The van der Waals surface area contributed by atoms with Gasteiger partial charge in [0.15, 0.2) is 5.13 Å². The number of nitrogen functional groups attached to an aromatic ring is 1. The second-order valence-corrected chi connectivity index (χ2v) is 4.28. The Hall–Kier alpha value is -1.29. The van der Waals surface area contributed by atoms with Crippen molar-refractivity contribution < 1.29 is 4.74 Å². The van der Waals surface area contributed by atoms with Crippen LogP contribution in [0.25, 0.3) is 10.2 Å². The van der Waals surface area contributed by atoms with E-state index in [1.807, 2.05) is 6.07 Å². The molecule has 1 heterocycles. The van der Waals surface area contributed by atoms with Crippen LogP contribution in [0.4, 0.5) is 5.13 Å². The first kappa shape index (κ1) is 9.27. The molecule has 0 bridgehead atoms. The van der Waals surface area contributed by atoms with Gasteiger partial charge in [-0.15, -0.1) is 0 Å². The van der Waals surface area contributed by atoms with E-state index in [-0.39, 0.29) is 0 Å². The van der Waals surface area contributed by atoms with E-state index >= 15 is 0 Å². The number of thiazole rings is 1. The number of rotatable bonds is 1. The van der Waals surface area contributed by atoms with Gasteiger partial charge in [-0.05, 0) is 31.0 Å². The van der Waals surface area contributed by atoms with Crippen LogP contribution in [-0.4, -0.2) is 12.1 Å². The van der Waals surface area contributed by atoms with Gasteiger partial charge in [0.2, 0.25) is 0 Å². The number of benzene rings is 1. The monoisotopic (exact) mass is 208 g/mol. The fraction of sp³-hybridized carbons (Fsp3) is 0.300. The molecule has 0 aliphatic carbocycles. The van der Waals surface area contributed by atoms with Crippen LogP contribution in [0.2, 0.25) is 0 Å². The van der Waals surface area contributed by atoms with Crippen LogP contribution >= 0.6 is 11.3 Å². The van der Waals surface area contributed by atoms with Crippen LogP contribution in [0.1, 0.15) is 11.1 Å². The normalized spacial score (nSPS) is 10.8. The number of aromatic nitrogens is 1. The van der Waals surface area contributed by atoms with Gasteiger partial charge in [0, 0.05) is 0 Å². The van der Waals surface area contributed by atoms with Crippen molar-refractivity contribution in [2.45, 2.75) is 13.8 Å². The molecule has 0 fully saturated rings. The summed E-state index contributed by atoms with van der Waals surface area (Å²) in [6.07, 6.45) is 0. The number of hydrogen-bond acceptors (Lipinski definition) is 4. The highest BCUT2D eigenvalue weighted by Gasteiger charge is 2.11. The van der Waals surface area contributed by atoms with Crippen LogP contribution in [0.15, 0.2) is 6.07 Å². The van der Waals surface area contributed by atoms with Crippen molar-refractivity contribution in [3.8, 4) is 5.75 Å². The van der Waals surface area contributed by atoms with E-state index < -0.39 is 0 Å². The average molecular weight is 208 g/mol. The molecule has 2 rings (SSSR count). The Labute approximate surface area is 86.5 Å². The Morgan fingerprint density at radius 2 is 2.14 bits per heavy atom. The van der Waals surface area contributed by atoms with Crippen LogP contribution in [0.3, 0.4) is 0 Å². The number of ether oxygens (including phenoxy) is 1. The van der Waals surface area contributed by atoms with Gasteiger partial charge < -0.3 is 10.5 Å². The fourth-order valence-corrected chi connectivity index (χ4v) is 2.37. The highest BCUT2D eigenvalue weighted by molar-refractivity contribution is 7.22. The zero-order chi connectivity index (χ0) is 10.3. The summed E-state index contributed by atoms with van der Waals surface area (Å²) in [5.74, 6) is 0.802. The first-order valence-electron chi connectivity index (χ1n) is 4.33. The summed E-state index contributed by atoms with van der Waals surface area (Å²) in [5.41, 5.74) is 9.00. The molecule has 3 nitrogen and oxygen atoms in total. The van der Waals surface area contributed by atoms with Gasteiger partial charge in [0.25, 0.3) is 0 Å². The van der Waals surface area contributed by atoms with Gasteiger partial charge in [-0.2, -0.15) is 0 Å². The number of nitrogens with zero attached hydrogens (tertiary/aromatic N) is 1. The fourth-order valence-electron chi connectivity index (χ4n) is 1.47. The van der Waals surface area contributed by atoms with Gasteiger partial charge in [-0.3, -0.25) is 0 Å². The minimum atomic E-state index is 0.590. The number of fused-ring (bicyclic) bond motifs is 1. The predicted octanol–water partition coefficient (Wildman–Crippen LogP) is 2.50. The molecule has 2 N–H and O–H groups in total. The van der Waals surface area contributed by atoms with Crippen LogP contribution in [0, 0.1) is 13.8 Å². The summed E-state index contributed by atoms with van der Waals surface area (Å²) < 4.78 is 6.39. The lowest BCUT2D eigenvalue weighted by atomic mass is 10.1. The SMILES string of the molecule is COc1cc(C)c(C)c2sc(N)nc12. The van der Waals surface area contributed by atoms with Gasteiger partial charge in [-0.1, -0.05) is 11.3 Å². The summed E-state index contributed by atoms with van der Waals surface area (Å²) in [5, 5.41) is 0.590. The van der Waals surface area contributed by atoms with Crippen molar-refractivity contribution in [2.75, 3.05) is 12.8 Å². The van der Waals surface area contributed by atoms with Gasteiger partial charge in [-0.25, -0.2) is 4.98 Å². The van der Waals surface area contributed by atoms with Crippen LogP contribution in [-0.2, 0) is 0 Å². The van der Waals surface area contributed by atoms with Crippen LogP contribution < -0.4 is 10.5 Å². The number of hydrogen-bond donors (Lipinski definition) is 1. The molecule has 0 radical (unpaired) electrons. The molecule has 0 aliphatic rings. The highest BCUT2D eigenvalue weighted by atomic mass is 32.1. The van der Waals surface area contributed by atoms with Crippen molar-refractivity contribution in [3.05, 3.63) is 17.2 Å². The third kappa shape index (κ3) is 1.23. The van der Waals surface area contributed by atoms with Gasteiger partial charge in [0.05, 0.1) is 11.8 Å². The maximum Gasteiger partial charge on any atom is 0.181 e. The molecule has 0 saturated heterocycles. The summed E-state index contributed by atoms with van der Waals surface area (Å²) in [6, 6.07) is 2.00. The van der Waals surface area contributed by atoms with E-state index in [0.717, 1.165) is 16.0 Å². The molecule has 0 aliphatic heterocycles. The molecule has 0 unspecified atom stereocenters. The van der Waals surface area contributed by atoms with E-state index in [1.54, 1.807) is 7.11 Å². The molecule has 0 amide bonds. The first-order valence-corrected chi connectivity index (χ1v) is 5.15. The molecule has 0 saturated carbocycles. The Morgan fingerprint density at radius 1 is 1.43 bits per heavy atom. The number of aryl methyl sites for hydroxylation is 2. The molecule has 4 heteroatoms. The van der Waals surface area contributed by atoms with E-state index in [0.29, 0.717) is 5.13 Å². The van der Waals surface area contributed by atoms with Crippen molar-refractivity contribution in [3.63, 3.8) is 0 Å². The summed E-state index contributed by atoms with van der Waals surface area (Å²) in [6.45, 7) is 4.14. The lowest BCUT2D eigenvalue weighted by molar-refractivity contribution is 0.418. The molecule has 2 aromatic rings. The molecule has 14 heavy (non-hydrogen) atoms. The summed E-state index contributed by atoms with van der Waals surface area (Å²) in [4.78, 5) is 4.26. The minimum absolute atomic E-state index is 0.590. The largest absolute Gasteiger partial charge is 0.494 e. The van der Waals surface area contributed by atoms with Crippen molar-refractivity contribution in [1.82, 2.24) is 4.98 Å². The lowest BCUT2D eigenvalue weighted by Gasteiger charge is -2.05. The Balaban J connectivity index is 2.88. The molecule has 0 atom stereocenters. The summed E-state index contributed by atoms with van der Waals surface area (Å²) in [7, 11) is 1.65. The Morgan fingerprint density at radius 3 is 2.79 bits per heavy atom. The average Bonchev–Trinajstić information content (AvgIpc) is 2.54. The zero-order valence-electron chi connectivity index (χ0n) is 8.42. The van der Waals surface area contributed by atoms with E-state index in [2.05, 4.69) is 18.8 Å². The molecule has 1 aromatic carbocycles. The van der Waals surface area contributed by atoms with E-state index in [4.69, 9.17) is 10.5 Å². The second-order valence-electron chi connectivity index (χ2n) is 3.25. The van der Waals surface area contributed by atoms with E-state index in [9.17, 15) is 0 Å². The molecular weight excluding hydrogens is 196 g/mol. The maximum atomic E-state index is 5.68. The zero-order valence-corrected chi connectivity index (χ0v) is 9.23. The quantitative estimate of drug-likeness (QED) is 0.783. The molecule has 1 aromatic heterocycles. The number of nitrogens with two attached hydrogens (primary N) is 1. The van der Waals surface area contributed by atoms with Gasteiger partial charge in [0.1, 0.15) is 11.3 Å². The smallest absolute Gasteiger partial charge is 0.181 e. The molecule has 74 valence electrons. The van der Waals surface area contributed by atoms with Crippen molar-refractivity contribution in [1.29, 1.82) is 0 Å². The predicted molar refractivity (Wildman–Crippen MR) is 60.1 cm³/mol. The Kier molecular flexibility index (Phi) is 2.07. The maximum absolute atomic E-state index is 5.68. The third-order valence-electron chi connectivity index (χ3n) is 2.38. The second kappa shape index (κ2) is 3.13. The summed E-state index contributed by atoms with van der Waals surface area (Å²) >= 11 is 1.51. The van der Waals surface area contributed by atoms with Crippen molar-refractivity contribution in [2.24, 2.45) is 0 Å². The molecule has 0 spiro atoms. The van der Waals surface area contributed by atoms with Crippen LogP contribution in [0.5, 0.6) is 5.75 Å². The first-order chi connectivity index (χ1) is 6.63. The third-order valence-corrected chi connectivity index (χ3v) is 3.38. The van der Waals surface area contributed by atoms with Gasteiger partial charge >= 0.3 is 0 Å². The lowest BCUT2D eigenvalue weighted by Crippen LogP contribution is -1.89. The number of anilines is 1.